The number of aromatic nitrogens is 1. The van der Waals surface area contributed by atoms with Gasteiger partial charge in [0.15, 0.2) is 11.6 Å². The van der Waals surface area contributed by atoms with Gasteiger partial charge in [-0.05, 0) is 60.4 Å². The molecular weight excluding hydrogens is 570 g/mol. The van der Waals surface area contributed by atoms with Crippen molar-refractivity contribution in [3.05, 3.63) is 107 Å². The Hall–Kier alpha value is -3.27. The first kappa shape index (κ1) is 27.9. The van der Waals surface area contributed by atoms with Crippen molar-refractivity contribution in [3.8, 4) is 16.9 Å². The molecule has 2 fully saturated rings. The normalized spacial score (nSPS) is 23.4. The van der Waals surface area contributed by atoms with Gasteiger partial charge in [0.05, 0.1) is 23.2 Å². The minimum atomic E-state index is -3.42. The summed E-state index contributed by atoms with van der Waals surface area (Å²) >= 11 is 6.02. The number of nitrogens with one attached hydrogen (secondary N) is 1. The predicted octanol–water partition coefficient (Wildman–Crippen LogP) is 6.38. The molecule has 2 aliphatic carbocycles. The SMILES string of the molecule is CS(=O)(=O)N[C@@H]1C[C@@](Cc2ccc(F)c(-c3cccc(F)c3OCc3ccccc3)c2)(c2nc(CCl)co2)[C@H]2C[C@@H]12. The molecule has 1 N–H and O–H groups in total. The third kappa shape index (κ3) is 5.63. The Labute approximate surface area is 242 Å². The summed E-state index contributed by atoms with van der Waals surface area (Å²) in [5.74, 6) is -0.146. The highest BCUT2D eigenvalue weighted by Crippen LogP contribution is 2.64. The quantitative estimate of drug-likeness (QED) is 0.214. The summed E-state index contributed by atoms with van der Waals surface area (Å²) in [4.78, 5) is 4.64. The summed E-state index contributed by atoms with van der Waals surface area (Å²) in [5, 5.41) is 0. The molecule has 0 spiro atoms. The Balaban J connectivity index is 1.36. The van der Waals surface area contributed by atoms with Gasteiger partial charge in [0.1, 0.15) is 18.7 Å². The minimum Gasteiger partial charge on any atom is -0.485 e. The molecule has 214 valence electrons. The molecule has 41 heavy (non-hydrogen) atoms. The molecule has 6 rings (SSSR count). The van der Waals surface area contributed by atoms with Crippen molar-refractivity contribution < 1.29 is 26.4 Å². The zero-order valence-corrected chi connectivity index (χ0v) is 23.9. The van der Waals surface area contributed by atoms with Crippen molar-refractivity contribution in [3.63, 3.8) is 0 Å². The number of rotatable bonds is 10. The molecule has 0 radical (unpaired) electrons. The maximum Gasteiger partial charge on any atom is 0.208 e. The Morgan fingerprint density at radius 3 is 2.59 bits per heavy atom. The van der Waals surface area contributed by atoms with Gasteiger partial charge >= 0.3 is 0 Å². The third-order valence-corrected chi connectivity index (χ3v) is 9.17. The fraction of sp³-hybridized carbons (Fsp3) is 0.323. The first-order valence-corrected chi connectivity index (χ1v) is 15.8. The molecule has 1 aromatic heterocycles. The van der Waals surface area contributed by atoms with Crippen LogP contribution in [0.4, 0.5) is 8.78 Å². The van der Waals surface area contributed by atoms with Crippen LogP contribution in [0, 0.1) is 23.5 Å². The molecule has 0 amide bonds. The highest BCUT2D eigenvalue weighted by atomic mass is 35.5. The number of alkyl halides is 1. The molecule has 4 atom stereocenters. The molecule has 10 heteroatoms. The molecule has 0 saturated heterocycles. The van der Waals surface area contributed by atoms with Gasteiger partial charge in [0.25, 0.3) is 0 Å². The maximum atomic E-state index is 15.3. The van der Waals surface area contributed by atoms with E-state index in [9.17, 15) is 8.42 Å². The summed E-state index contributed by atoms with van der Waals surface area (Å²) in [7, 11) is -3.42. The van der Waals surface area contributed by atoms with Crippen molar-refractivity contribution >= 4 is 21.6 Å². The number of oxazole rings is 1. The van der Waals surface area contributed by atoms with E-state index < -0.39 is 27.1 Å². The van der Waals surface area contributed by atoms with E-state index in [1.165, 1.54) is 24.5 Å². The molecule has 1 heterocycles. The van der Waals surface area contributed by atoms with Gasteiger partial charge in [-0.25, -0.2) is 26.9 Å². The van der Waals surface area contributed by atoms with Crippen LogP contribution in [0.2, 0.25) is 0 Å². The molecule has 0 aliphatic heterocycles. The van der Waals surface area contributed by atoms with Crippen LogP contribution in [0.3, 0.4) is 0 Å². The number of hydrogen-bond donors (Lipinski definition) is 1. The fourth-order valence-electron chi connectivity index (χ4n) is 6.37. The van der Waals surface area contributed by atoms with Crippen LogP contribution < -0.4 is 9.46 Å². The Bertz CT molecular complexity index is 1680. The van der Waals surface area contributed by atoms with Crippen LogP contribution in [0.25, 0.3) is 11.1 Å². The van der Waals surface area contributed by atoms with Gasteiger partial charge in [0.2, 0.25) is 15.9 Å². The number of para-hydroxylation sites is 1. The second-order valence-electron chi connectivity index (χ2n) is 11.0. The van der Waals surface area contributed by atoms with Gasteiger partial charge in [-0.2, -0.15) is 0 Å². The highest BCUT2D eigenvalue weighted by Gasteiger charge is 2.65. The van der Waals surface area contributed by atoms with Crippen molar-refractivity contribution in [2.45, 2.75) is 43.2 Å². The standard InChI is InChI=1S/C31H29ClF2N2O4S/c1-41(37,38)36-28-15-31(25-13-24(25)28,30-35-21(16-32)18-40-30)14-20-10-11-26(33)23(12-20)22-8-5-9-27(34)29(22)39-17-19-6-3-2-4-7-19/h2-12,18,24-25,28,36H,13-17H2,1H3/t24-,25+,28-,31-/m1/s1. The molecule has 0 unspecified atom stereocenters. The lowest BCUT2D eigenvalue weighted by molar-refractivity contribution is 0.280. The highest BCUT2D eigenvalue weighted by molar-refractivity contribution is 7.88. The number of nitrogens with zero attached hydrogens (tertiary/aromatic N) is 1. The average Bonchev–Trinajstić information content (AvgIpc) is 3.51. The zero-order valence-electron chi connectivity index (χ0n) is 22.3. The first-order chi connectivity index (χ1) is 19.7. The summed E-state index contributed by atoms with van der Waals surface area (Å²) in [5.41, 5.74) is 2.15. The lowest BCUT2D eigenvalue weighted by atomic mass is 9.76. The maximum absolute atomic E-state index is 15.3. The monoisotopic (exact) mass is 598 g/mol. The minimum absolute atomic E-state index is 0.0258. The predicted molar refractivity (Wildman–Crippen MR) is 152 cm³/mol. The lowest BCUT2D eigenvalue weighted by Crippen LogP contribution is -2.38. The number of hydrogen-bond acceptors (Lipinski definition) is 5. The fourth-order valence-corrected chi connectivity index (χ4v) is 7.30. The Morgan fingerprint density at radius 1 is 1.05 bits per heavy atom. The summed E-state index contributed by atoms with van der Waals surface area (Å²) < 4.78 is 69.1. The molecule has 2 saturated carbocycles. The van der Waals surface area contributed by atoms with Gasteiger partial charge in [-0.1, -0.05) is 48.5 Å². The zero-order chi connectivity index (χ0) is 28.8. The summed E-state index contributed by atoms with van der Waals surface area (Å²) in [6.07, 6.45) is 4.42. The molecule has 0 bridgehead atoms. The van der Waals surface area contributed by atoms with Crippen molar-refractivity contribution in [1.82, 2.24) is 9.71 Å². The average molecular weight is 599 g/mol. The van der Waals surface area contributed by atoms with E-state index in [4.69, 9.17) is 20.8 Å². The van der Waals surface area contributed by atoms with E-state index in [1.54, 1.807) is 18.2 Å². The van der Waals surface area contributed by atoms with Crippen molar-refractivity contribution in [2.75, 3.05) is 6.26 Å². The van der Waals surface area contributed by atoms with Gasteiger partial charge in [0, 0.05) is 17.2 Å². The molecule has 4 aromatic rings. The van der Waals surface area contributed by atoms with Crippen LogP contribution >= 0.6 is 11.6 Å². The second kappa shape index (κ2) is 10.9. The van der Waals surface area contributed by atoms with Crippen LogP contribution in [-0.4, -0.2) is 25.7 Å². The van der Waals surface area contributed by atoms with E-state index in [0.717, 1.165) is 23.8 Å². The van der Waals surface area contributed by atoms with Crippen molar-refractivity contribution in [2.24, 2.45) is 11.8 Å². The van der Waals surface area contributed by atoms with Crippen LogP contribution in [0.5, 0.6) is 5.75 Å². The molecule has 6 nitrogen and oxygen atoms in total. The Morgan fingerprint density at radius 2 is 1.85 bits per heavy atom. The smallest absolute Gasteiger partial charge is 0.208 e. The second-order valence-corrected chi connectivity index (χ2v) is 13.1. The number of halogens is 3. The third-order valence-electron chi connectivity index (χ3n) is 8.16. The number of sulfonamides is 1. The van der Waals surface area contributed by atoms with E-state index >= 15 is 8.78 Å². The largest absolute Gasteiger partial charge is 0.485 e. The molecule has 3 aromatic carbocycles. The van der Waals surface area contributed by atoms with E-state index in [2.05, 4.69) is 9.71 Å². The number of benzene rings is 3. The molecule has 2 aliphatic rings. The molecular formula is C31H29ClF2N2O4S. The lowest BCUT2D eigenvalue weighted by Gasteiger charge is -2.30. The summed E-state index contributed by atoms with van der Waals surface area (Å²) in [6.45, 7) is 0.129. The Kier molecular flexibility index (Phi) is 7.38. The van der Waals surface area contributed by atoms with Crippen LogP contribution in [0.1, 0.15) is 35.6 Å². The van der Waals surface area contributed by atoms with Crippen LogP contribution in [0.15, 0.2) is 77.4 Å². The van der Waals surface area contributed by atoms with Crippen LogP contribution in [-0.2, 0) is 34.3 Å². The van der Waals surface area contributed by atoms with E-state index in [-0.39, 0.29) is 41.7 Å². The van der Waals surface area contributed by atoms with Crippen molar-refractivity contribution in [1.29, 1.82) is 0 Å². The van der Waals surface area contributed by atoms with Gasteiger partial charge in [-0.15, -0.1) is 11.6 Å². The summed E-state index contributed by atoms with van der Waals surface area (Å²) in [6, 6.07) is 18.3. The van der Waals surface area contributed by atoms with Gasteiger partial charge < -0.3 is 9.15 Å². The van der Waals surface area contributed by atoms with Gasteiger partial charge in [-0.3, -0.25) is 0 Å². The van der Waals surface area contributed by atoms with E-state index in [0.29, 0.717) is 30.0 Å². The number of fused-ring (bicyclic) bond motifs is 1. The van der Waals surface area contributed by atoms with E-state index in [1.807, 2.05) is 30.3 Å². The first-order valence-electron chi connectivity index (χ1n) is 13.4. The number of ether oxygens (including phenoxy) is 1. The topological polar surface area (TPSA) is 81.4 Å².